The maximum Gasteiger partial charge on any atom is 0.407 e. The Kier molecular flexibility index (Phi) is 25.5. The van der Waals surface area contributed by atoms with E-state index in [0.29, 0.717) is 31.7 Å². The number of aliphatic carboxylic acids is 1. The van der Waals surface area contributed by atoms with Crippen LogP contribution in [-0.4, -0.2) is 136 Å². The fourth-order valence-corrected chi connectivity index (χ4v) is 10.2. The summed E-state index contributed by atoms with van der Waals surface area (Å²) in [5.74, 6) is -6.85. The number of primary amides is 2. The third-order valence-corrected chi connectivity index (χ3v) is 14.6. The van der Waals surface area contributed by atoms with Crippen LogP contribution < -0.4 is 37.3 Å². The molecule has 0 unspecified atom stereocenters. The number of nitrogens with two attached hydrogens (primary N) is 3. The van der Waals surface area contributed by atoms with Gasteiger partial charge in [-0.2, -0.15) is 0 Å². The van der Waals surface area contributed by atoms with E-state index < -0.39 is 58.8 Å². The monoisotopic (exact) mass is 1300 g/mol. The molecule has 492 valence electrons. The summed E-state index contributed by atoms with van der Waals surface area (Å²) < 4.78 is 42.2. The van der Waals surface area contributed by atoms with E-state index >= 15 is 0 Å². The summed E-state index contributed by atoms with van der Waals surface area (Å²) in [5, 5.41) is 33.8. The van der Waals surface area contributed by atoms with Gasteiger partial charge in [-0.1, -0.05) is 133 Å². The number of nitrogen functional groups attached to an aromatic ring is 1. The molecule has 4 amide bonds. The quantitative estimate of drug-likeness (QED) is 0.00746. The van der Waals surface area contributed by atoms with Crippen molar-refractivity contribution < 1.29 is 91.6 Å². The number of alkyl carbamates (subject to hydrolysis) is 1. The number of esters is 3. The van der Waals surface area contributed by atoms with E-state index in [2.05, 4.69) is 59.2 Å². The fourth-order valence-electron chi connectivity index (χ4n) is 10.2. The van der Waals surface area contributed by atoms with Crippen LogP contribution in [-0.2, 0) is 42.8 Å². The second-order valence-corrected chi connectivity index (χ2v) is 21.0. The molecule has 0 aliphatic heterocycles. The van der Waals surface area contributed by atoms with Gasteiger partial charge in [-0.3, -0.25) is 19.2 Å². The van der Waals surface area contributed by atoms with E-state index in [1.807, 2.05) is 48.5 Å². The first kappa shape index (κ1) is 69.4. The first-order valence-electron chi connectivity index (χ1n) is 29.9. The van der Waals surface area contributed by atoms with Gasteiger partial charge in [-0.15, -0.1) is 0 Å². The summed E-state index contributed by atoms with van der Waals surface area (Å²) in [4.78, 5) is 94.6. The topological polar surface area (TPSA) is 373 Å². The van der Waals surface area contributed by atoms with Gasteiger partial charge in [0.05, 0.1) is 55.5 Å². The zero-order valence-corrected chi connectivity index (χ0v) is 51.3. The molecule has 95 heavy (non-hydrogen) atoms. The van der Waals surface area contributed by atoms with Crippen molar-refractivity contribution in [3.8, 4) is 45.3 Å². The van der Waals surface area contributed by atoms with Crippen molar-refractivity contribution in [2.24, 2.45) is 11.5 Å². The van der Waals surface area contributed by atoms with Crippen LogP contribution in [0.25, 0.3) is 22.3 Å². The van der Waals surface area contributed by atoms with Crippen LogP contribution in [0.1, 0.15) is 88.4 Å². The number of amides is 4. The number of anilines is 2. The summed E-state index contributed by atoms with van der Waals surface area (Å²) in [7, 11) is 0. The van der Waals surface area contributed by atoms with Crippen molar-refractivity contribution in [1.29, 1.82) is 0 Å². The van der Waals surface area contributed by atoms with Crippen molar-refractivity contribution in [3.05, 3.63) is 226 Å². The molecular formula is C71H69N5O19. The van der Waals surface area contributed by atoms with Gasteiger partial charge in [0, 0.05) is 31.4 Å². The number of ether oxygens (including phenoxy) is 8. The number of carboxylic acid groups (broad SMARTS) is 1. The summed E-state index contributed by atoms with van der Waals surface area (Å²) in [6.07, 6.45) is 0.183. The smallest absolute Gasteiger partial charge is 0.407 e. The third kappa shape index (κ3) is 19.3. The van der Waals surface area contributed by atoms with Gasteiger partial charge in [0.25, 0.3) is 11.8 Å². The Labute approximate surface area is 545 Å². The number of hydrogen-bond acceptors (Lipinski definition) is 19. The zero-order valence-electron chi connectivity index (χ0n) is 51.3. The van der Waals surface area contributed by atoms with Gasteiger partial charge in [0.2, 0.25) is 5.91 Å². The van der Waals surface area contributed by atoms with Crippen LogP contribution in [0.5, 0.6) is 23.0 Å². The Morgan fingerprint density at radius 2 is 0.874 bits per heavy atom. The molecule has 11 N–H and O–H groups in total. The third-order valence-electron chi connectivity index (χ3n) is 14.6. The number of benzene rings is 8. The normalized spacial score (nSPS) is 11.5. The predicted octanol–water partition coefficient (Wildman–Crippen LogP) is 8.75. The predicted molar refractivity (Wildman–Crippen MR) is 347 cm³/mol. The molecule has 0 fully saturated rings. The van der Waals surface area contributed by atoms with E-state index in [4.69, 9.17) is 60.2 Å². The molecule has 24 heteroatoms. The number of hydrogen-bond donors (Lipinski definition) is 8. The average molecular weight is 1300 g/mol. The number of carboxylic acids is 1. The molecule has 0 heterocycles. The molecule has 0 aromatic heterocycles. The van der Waals surface area contributed by atoms with Crippen LogP contribution >= 0.6 is 0 Å². The highest BCUT2D eigenvalue weighted by Crippen LogP contribution is 2.46. The van der Waals surface area contributed by atoms with Crippen LogP contribution in [0.2, 0.25) is 0 Å². The summed E-state index contributed by atoms with van der Waals surface area (Å²) >= 11 is 0. The van der Waals surface area contributed by atoms with Gasteiger partial charge < -0.3 is 81.0 Å². The minimum absolute atomic E-state index is 0.00935. The number of carbonyl (C=O) groups excluding carboxylic acids is 7. The molecule has 0 saturated carbocycles. The summed E-state index contributed by atoms with van der Waals surface area (Å²) in [5.41, 5.74) is 25.0. The number of aromatic hydroxyl groups is 2. The molecule has 0 bridgehead atoms. The molecule has 2 aliphatic rings. The molecule has 8 aromatic rings. The summed E-state index contributed by atoms with van der Waals surface area (Å²) in [6, 6.07) is 54.1. The number of nitrogens with one attached hydrogen (secondary N) is 2. The highest BCUT2D eigenvalue weighted by molar-refractivity contribution is 6.04. The molecule has 0 radical (unpaired) electrons. The summed E-state index contributed by atoms with van der Waals surface area (Å²) in [6.45, 7) is 1.49. The first-order valence-corrected chi connectivity index (χ1v) is 29.9. The fraction of sp³-hybridized carbons (Fsp3) is 0.211. The lowest BCUT2D eigenvalue weighted by Gasteiger charge is -2.14. The van der Waals surface area contributed by atoms with Gasteiger partial charge in [-0.25, -0.2) is 19.2 Å². The molecule has 2 aliphatic carbocycles. The first-order chi connectivity index (χ1) is 46.0. The molecule has 24 nitrogen and oxygen atoms in total. The standard InChI is InChI=1S/C36H34N2O9.C21H23NO6.C14H12N2O4/c37-35(42)33-30(47-36(43)23-9-2-1-3-10-23)17-16-29(34(33)41)38-31(39)22-45-20-19-44-18-8-15-32(40)46-21-28-26-13-6-4-11-24(26)25-12-5-7-14-27(25)28;23-20(24)14-27-12-11-26-10-9-22-21(25)28-13-19-17-7-3-1-5-15(17)16-6-2-4-8-18(16)19;15-9-6-7-10(11(12(9)17)13(16)18)20-14(19)8-4-2-1-3-5-8/h1-7,9-14,16-17,28,41H,8,15,18-22H2,(H2,37,42)(H,38,39);1-8,19H,9-14H2,(H,22,25)(H,23,24);1-7,17H,15H2,(H2,16,18). The van der Waals surface area contributed by atoms with Crippen molar-refractivity contribution in [2.45, 2.75) is 24.7 Å². The van der Waals surface area contributed by atoms with E-state index in [-0.39, 0.29) is 111 Å². The van der Waals surface area contributed by atoms with Gasteiger partial charge in [0.15, 0.2) is 11.5 Å². The van der Waals surface area contributed by atoms with Crippen LogP contribution in [0.3, 0.4) is 0 Å². The molecule has 8 aromatic carbocycles. The van der Waals surface area contributed by atoms with Crippen molar-refractivity contribution in [3.63, 3.8) is 0 Å². The Morgan fingerprint density at radius 1 is 0.453 bits per heavy atom. The number of rotatable bonds is 28. The van der Waals surface area contributed by atoms with Gasteiger partial charge in [-0.05, 0) is 99.5 Å². The SMILES string of the molecule is NC(=O)c1c(OC(=O)c2ccccc2)ccc(N)c1O.NC(=O)c1c(OC(=O)c2ccccc2)ccc(NC(=O)COCCOCCCC(=O)OCC2c3ccccc3-c3ccccc32)c1O.O=C(O)COCCOCCNC(=O)OCC1c2ccccc2-c2ccccc21. The molecule has 10 rings (SSSR count). The Morgan fingerprint density at radius 3 is 1.36 bits per heavy atom. The van der Waals surface area contributed by atoms with Crippen molar-refractivity contribution in [1.82, 2.24) is 5.32 Å². The molecule has 0 atom stereocenters. The molecule has 0 spiro atoms. The Bertz CT molecular complexity index is 3930. The van der Waals surface area contributed by atoms with E-state index in [0.717, 1.165) is 11.1 Å². The number of fused-ring (bicyclic) bond motifs is 6. The highest BCUT2D eigenvalue weighted by atomic mass is 16.6. The highest BCUT2D eigenvalue weighted by Gasteiger charge is 2.31. The average Bonchev–Trinajstić information content (AvgIpc) is 1.65. The molecule has 0 saturated heterocycles. The van der Waals surface area contributed by atoms with Crippen LogP contribution in [0, 0.1) is 0 Å². The van der Waals surface area contributed by atoms with Gasteiger partial charge in [0.1, 0.15) is 49.1 Å². The van der Waals surface area contributed by atoms with E-state index in [9.17, 15) is 48.6 Å². The molecular weight excluding hydrogens is 1230 g/mol. The lowest BCUT2D eigenvalue weighted by Crippen LogP contribution is -2.29. The minimum Gasteiger partial charge on any atom is -0.505 e. The second-order valence-electron chi connectivity index (χ2n) is 21.0. The number of phenols is 2. The second kappa shape index (κ2) is 34.8. The zero-order chi connectivity index (χ0) is 67.6. The van der Waals surface area contributed by atoms with Crippen molar-refractivity contribution >= 4 is 59.1 Å². The number of carbonyl (C=O) groups is 8. The van der Waals surface area contributed by atoms with E-state index in [1.165, 1.54) is 69.8 Å². The lowest BCUT2D eigenvalue weighted by atomic mass is 9.98. The van der Waals surface area contributed by atoms with Crippen molar-refractivity contribution in [2.75, 3.05) is 83.7 Å². The maximum absolute atomic E-state index is 12.4. The Hall–Kier alpha value is -11.4. The Balaban J connectivity index is 0.000000203. The van der Waals surface area contributed by atoms with Crippen LogP contribution in [0.4, 0.5) is 16.2 Å². The minimum atomic E-state index is -1.05. The maximum atomic E-state index is 12.4. The van der Waals surface area contributed by atoms with Crippen LogP contribution in [0.15, 0.2) is 182 Å². The largest absolute Gasteiger partial charge is 0.505 e. The van der Waals surface area contributed by atoms with Gasteiger partial charge >= 0.3 is 30.0 Å². The van der Waals surface area contributed by atoms with E-state index in [1.54, 1.807) is 48.5 Å². The lowest BCUT2D eigenvalue weighted by molar-refractivity contribution is -0.144.